The Morgan fingerprint density at radius 1 is 1.37 bits per heavy atom. The number of amides is 1. The number of aromatic amines is 2. The van der Waals surface area contributed by atoms with Crippen molar-refractivity contribution >= 4 is 22.6 Å². The van der Waals surface area contributed by atoms with Crippen LogP contribution >= 0.6 is 0 Å². The predicted octanol–water partition coefficient (Wildman–Crippen LogP) is 1.12. The van der Waals surface area contributed by atoms with Gasteiger partial charge in [0.05, 0.1) is 17.1 Å². The largest absolute Gasteiger partial charge is 0.323 e. The smallest absolute Gasteiger partial charge is 0.314 e. The van der Waals surface area contributed by atoms with Gasteiger partial charge in [-0.15, -0.1) is 0 Å². The monoisotopic (exact) mass is 256 g/mol. The molecule has 0 bridgehead atoms. The number of carbonyl (C=O) groups is 1. The van der Waals surface area contributed by atoms with Crippen molar-refractivity contribution in [1.82, 2.24) is 9.97 Å². The molecule has 1 aromatic heterocycles. The van der Waals surface area contributed by atoms with Crippen molar-refractivity contribution in [3.8, 4) is 6.07 Å². The summed E-state index contributed by atoms with van der Waals surface area (Å²) in [5.41, 5.74) is 0.876. The number of imidazole rings is 1. The fourth-order valence-electron chi connectivity index (χ4n) is 2.17. The summed E-state index contributed by atoms with van der Waals surface area (Å²) in [5.74, 6) is -0.188. The number of fused-ring (bicyclic) bond motifs is 1. The molecule has 96 valence electrons. The van der Waals surface area contributed by atoms with E-state index < -0.39 is 5.41 Å². The molecule has 1 amide bonds. The van der Waals surface area contributed by atoms with Crippen LogP contribution in [-0.2, 0) is 4.79 Å². The lowest BCUT2D eigenvalue weighted by atomic mass is 10.1. The number of anilines is 1. The van der Waals surface area contributed by atoms with Crippen molar-refractivity contribution in [1.29, 1.82) is 5.26 Å². The summed E-state index contributed by atoms with van der Waals surface area (Å²) in [4.78, 5) is 30.2. The van der Waals surface area contributed by atoms with Crippen LogP contribution in [0.3, 0.4) is 0 Å². The third-order valence-electron chi connectivity index (χ3n) is 3.56. The number of aromatic nitrogens is 2. The van der Waals surface area contributed by atoms with Gasteiger partial charge in [-0.2, -0.15) is 5.26 Å². The molecule has 0 spiro atoms. The molecule has 1 heterocycles. The topological polar surface area (TPSA) is 92.8 Å². The Labute approximate surface area is 108 Å². The molecule has 0 aliphatic heterocycles. The molecule has 1 aliphatic carbocycles. The zero-order chi connectivity index (χ0) is 13.6. The first-order valence-electron chi connectivity index (χ1n) is 5.97. The number of hydrogen-bond donors (Lipinski definition) is 2. The van der Waals surface area contributed by atoms with Crippen molar-refractivity contribution in [2.45, 2.75) is 12.8 Å². The number of rotatable bonds is 2. The molecule has 1 aromatic carbocycles. The lowest BCUT2D eigenvalue weighted by Gasteiger charge is -2.19. The second kappa shape index (κ2) is 3.72. The summed E-state index contributed by atoms with van der Waals surface area (Å²) < 4.78 is 0. The van der Waals surface area contributed by atoms with Gasteiger partial charge in [0, 0.05) is 12.7 Å². The molecule has 3 rings (SSSR count). The summed E-state index contributed by atoms with van der Waals surface area (Å²) in [7, 11) is 1.64. The molecular formula is C13H12N4O2. The minimum absolute atomic E-state index is 0.188. The van der Waals surface area contributed by atoms with Crippen LogP contribution in [0.2, 0.25) is 0 Å². The van der Waals surface area contributed by atoms with Gasteiger partial charge in [-0.25, -0.2) is 4.79 Å². The second-order valence-electron chi connectivity index (χ2n) is 4.87. The molecule has 6 nitrogen and oxygen atoms in total. The maximum absolute atomic E-state index is 12.2. The van der Waals surface area contributed by atoms with Gasteiger partial charge in [0.25, 0.3) is 0 Å². The third kappa shape index (κ3) is 1.71. The lowest BCUT2D eigenvalue weighted by molar-refractivity contribution is -0.121. The van der Waals surface area contributed by atoms with E-state index in [0.717, 1.165) is 0 Å². The van der Waals surface area contributed by atoms with E-state index in [9.17, 15) is 9.59 Å². The average Bonchev–Trinajstić information content (AvgIpc) is 3.12. The normalized spacial score (nSPS) is 16.0. The number of hydrogen-bond acceptors (Lipinski definition) is 3. The quantitative estimate of drug-likeness (QED) is 0.843. The van der Waals surface area contributed by atoms with Crippen molar-refractivity contribution < 1.29 is 4.79 Å². The van der Waals surface area contributed by atoms with E-state index >= 15 is 0 Å². The van der Waals surface area contributed by atoms with Gasteiger partial charge in [0.15, 0.2) is 0 Å². The van der Waals surface area contributed by atoms with Gasteiger partial charge < -0.3 is 14.9 Å². The molecular weight excluding hydrogens is 244 g/mol. The number of nitriles is 1. The van der Waals surface area contributed by atoms with Crippen LogP contribution in [0.4, 0.5) is 5.69 Å². The molecule has 19 heavy (non-hydrogen) atoms. The number of H-pyrrole nitrogens is 2. The first-order chi connectivity index (χ1) is 9.05. The summed E-state index contributed by atoms with van der Waals surface area (Å²) in [6, 6.07) is 7.29. The zero-order valence-corrected chi connectivity index (χ0v) is 10.4. The minimum Gasteiger partial charge on any atom is -0.314 e. The van der Waals surface area contributed by atoms with Crippen LogP contribution < -0.4 is 10.6 Å². The molecule has 6 heteroatoms. The maximum atomic E-state index is 12.2. The van der Waals surface area contributed by atoms with E-state index in [-0.39, 0.29) is 11.6 Å². The molecule has 1 aliphatic rings. The zero-order valence-electron chi connectivity index (χ0n) is 10.4. The Morgan fingerprint density at radius 3 is 2.68 bits per heavy atom. The van der Waals surface area contributed by atoms with Crippen LogP contribution in [0.1, 0.15) is 12.8 Å². The first kappa shape index (κ1) is 11.5. The lowest BCUT2D eigenvalue weighted by Crippen LogP contribution is -2.33. The maximum Gasteiger partial charge on any atom is 0.323 e. The first-order valence-corrected chi connectivity index (χ1v) is 5.97. The van der Waals surface area contributed by atoms with Gasteiger partial charge in [0.1, 0.15) is 5.41 Å². The van der Waals surface area contributed by atoms with Crippen LogP contribution in [-0.4, -0.2) is 22.9 Å². The van der Waals surface area contributed by atoms with Crippen LogP contribution in [0.5, 0.6) is 0 Å². The van der Waals surface area contributed by atoms with E-state index in [4.69, 9.17) is 5.26 Å². The van der Waals surface area contributed by atoms with Gasteiger partial charge in [-0.05, 0) is 31.0 Å². The number of nitrogens with one attached hydrogen (secondary N) is 2. The SMILES string of the molecule is CN(C(=O)C1(C#N)CC1)c1ccc2[nH]c(=O)[nH]c2c1. The van der Waals surface area contributed by atoms with Crippen LogP contribution in [0, 0.1) is 16.7 Å². The Hall–Kier alpha value is -2.55. The Balaban J connectivity index is 1.97. The van der Waals surface area contributed by atoms with Gasteiger partial charge in [-0.1, -0.05) is 0 Å². The Kier molecular flexibility index (Phi) is 2.26. The Bertz CT molecular complexity index is 761. The minimum atomic E-state index is -0.838. The summed E-state index contributed by atoms with van der Waals surface area (Å²) in [5, 5.41) is 9.05. The Morgan fingerprint density at radius 2 is 2.05 bits per heavy atom. The molecule has 1 fully saturated rings. The predicted molar refractivity (Wildman–Crippen MR) is 69.6 cm³/mol. The highest BCUT2D eigenvalue weighted by Gasteiger charge is 2.52. The number of carbonyl (C=O) groups excluding carboxylic acids is 1. The van der Waals surface area contributed by atoms with E-state index in [1.165, 1.54) is 4.90 Å². The molecule has 0 saturated heterocycles. The highest BCUT2D eigenvalue weighted by atomic mass is 16.2. The van der Waals surface area contributed by atoms with Gasteiger partial charge >= 0.3 is 5.69 Å². The van der Waals surface area contributed by atoms with Crippen molar-refractivity contribution in [3.63, 3.8) is 0 Å². The number of benzene rings is 1. The third-order valence-corrected chi connectivity index (χ3v) is 3.56. The van der Waals surface area contributed by atoms with Crippen molar-refractivity contribution in [3.05, 3.63) is 28.7 Å². The van der Waals surface area contributed by atoms with Crippen LogP contribution in [0.15, 0.2) is 23.0 Å². The molecule has 2 N–H and O–H groups in total. The van der Waals surface area contributed by atoms with Gasteiger partial charge in [0.2, 0.25) is 5.91 Å². The van der Waals surface area contributed by atoms with E-state index in [0.29, 0.717) is 29.6 Å². The highest BCUT2D eigenvalue weighted by molar-refractivity contribution is 6.01. The standard InChI is InChI=1S/C13H12N4O2/c1-17(11(18)13(7-14)4-5-13)8-2-3-9-10(6-8)16-12(19)15-9/h2-3,6H,4-5H2,1H3,(H2,15,16,19). The fourth-order valence-corrected chi connectivity index (χ4v) is 2.17. The van der Waals surface area contributed by atoms with E-state index in [2.05, 4.69) is 16.0 Å². The van der Waals surface area contributed by atoms with Crippen molar-refractivity contribution in [2.24, 2.45) is 5.41 Å². The molecule has 1 saturated carbocycles. The summed E-state index contributed by atoms with van der Waals surface area (Å²) in [6.45, 7) is 0. The van der Waals surface area contributed by atoms with Gasteiger partial charge in [-0.3, -0.25) is 4.79 Å². The highest BCUT2D eigenvalue weighted by Crippen LogP contribution is 2.46. The van der Waals surface area contributed by atoms with E-state index in [1.807, 2.05) is 0 Å². The molecule has 0 atom stereocenters. The molecule has 0 radical (unpaired) electrons. The van der Waals surface area contributed by atoms with Crippen LogP contribution in [0.25, 0.3) is 11.0 Å². The van der Waals surface area contributed by atoms with E-state index in [1.54, 1.807) is 25.2 Å². The molecule has 0 unspecified atom stereocenters. The molecule has 2 aromatic rings. The fraction of sp³-hybridized carbons (Fsp3) is 0.308. The summed E-state index contributed by atoms with van der Waals surface area (Å²) in [6.07, 6.45) is 1.24. The number of nitrogens with zero attached hydrogens (tertiary/aromatic N) is 2. The van der Waals surface area contributed by atoms with Crippen molar-refractivity contribution in [2.75, 3.05) is 11.9 Å². The summed E-state index contributed by atoms with van der Waals surface area (Å²) >= 11 is 0. The second-order valence-corrected chi connectivity index (χ2v) is 4.87. The average molecular weight is 256 g/mol.